The first-order valence-electron chi connectivity index (χ1n) is 2.39. The van der Waals surface area contributed by atoms with E-state index in [1.54, 1.807) is 0 Å². The Balaban J connectivity index is 2.21. The van der Waals surface area contributed by atoms with E-state index >= 15 is 0 Å². The number of rotatable bonds is 1. The van der Waals surface area contributed by atoms with Crippen LogP contribution in [0.2, 0.25) is 0 Å². The van der Waals surface area contributed by atoms with E-state index in [0.29, 0.717) is 0 Å². The van der Waals surface area contributed by atoms with Crippen molar-refractivity contribution < 1.29 is 0 Å². The Kier molecular flexibility index (Phi) is 0.952. The van der Waals surface area contributed by atoms with E-state index in [-0.39, 0.29) is 0 Å². The predicted octanol–water partition coefficient (Wildman–Crippen LogP) is 1.79. The summed E-state index contributed by atoms with van der Waals surface area (Å²) in [6.07, 6.45) is 7.92. The molecular formula is C6H9. The van der Waals surface area contributed by atoms with Crippen LogP contribution in [0.5, 0.6) is 0 Å². The Morgan fingerprint density at radius 1 is 1.83 bits per heavy atom. The smallest absolute Gasteiger partial charge is 0.0170 e. The third-order valence-electron chi connectivity index (χ3n) is 1.22. The van der Waals surface area contributed by atoms with Gasteiger partial charge >= 0.3 is 0 Å². The largest absolute Gasteiger partial charge is 0.0876 e. The molecule has 1 aliphatic rings. The Hall–Kier alpha value is -0.260. The topological polar surface area (TPSA) is 0 Å². The summed E-state index contributed by atoms with van der Waals surface area (Å²) in [5.74, 6) is 0.810. The van der Waals surface area contributed by atoms with Crippen molar-refractivity contribution in [3.8, 4) is 0 Å². The molecule has 0 bridgehead atoms. The Morgan fingerprint density at radius 3 is 2.50 bits per heavy atom. The molecule has 1 radical (unpaired) electrons. The first-order valence-corrected chi connectivity index (χ1v) is 2.39. The van der Waals surface area contributed by atoms with Crippen molar-refractivity contribution in [1.29, 1.82) is 0 Å². The fourth-order valence-corrected chi connectivity index (χ4v) is 0.540. The standard InChI is InChI=1S/C6H9/c1-2-6-4-3-5-6/h2-4,6H,5H2,1H3. The first kappa shape index (κ1) is 3.91. The molecular weight excluding hydrogens is 72.1 g/mol. The zero-order valence-electron chi connectivity index (χ0n) is 4.02. The number of hydrogen-bond donors (Lipinski definition) is 0. The maximum Gasteiger partial charge on any atom is -0.0170 e. The van der Waals surface area contributed by atoms with Crippen LogP contribution in [0.15, 0.2) is 12.2 Å². The molecule has 33 valence electrons. The Labute approximate surface area is 38.9 Å². The fourth-order valence-electron chi connectivity index (χ4n) is 0.540. The van der Waals surface area contributed by atoms with Crippen LogP contribution in [0.1, 0.15) is 13.3 Å². The first-order chi connectivity index (χ1) is 2.93. The van der Waals surface area contributed by atoms with Gasteiger partial charge in [-0.2, -0.15) is 0 Å². The molecule has 0 spiro atoms. The van der Waals surface area contributed by atoms with Crippen LogP contribution in [0.25, 0.3) is 0 Å². The van der Waals surface area contributed by atoms with Crippen LogP contribution >= 0.6 is 0 Å². The Bertz CT molecular complexity index is 62.4. The Morgan fingerprint density at radius 2 is 2.50 bits per heavy atom. The van der Waals surface area contributed by atoms with E-state index in [4.69, 9.17) is 0 Å². The lowest BCUT2D eigenvalue weighted by molar-refractivity contribution is 0.704. The normalized spacial score (nSPS) is 29.8. The molecule has 1 unspecified atom stereocenters. The van der Waals surface area contributed by atoms with Crippen molar-refractivity contribution in [3.05, 3.63) is 18.6 Å². The maximum atomic E-state index is 2.22. The lowest BCUT2D eigenvalue weighted by atomic mass is 9.93. The van der Waals surface area contributed by atoms with Crippen LogP contribution in [-0.2, 0) is 0 Å². The molecule has 0 saturated carbocycles. The van der Waals surface area contributed by atoms with Gasteiger partial charge in [-0.25, -0.2) is 0 Å². The molecule has 0 heteroatoms. The van der Waals surface area contributed by atoms with Gasteiger partial charge in [-0.05, 0) is 18.8 Å². The van der Waals surface area contributed by atoms with E-state index in [9.17, 15) is 0 Å². The van der Waals surface area contributed by atoms with Gasteiger partial charge in [0.05, 0.1) is 0 Å². The van der Waals surface area contributed by atoms with E-state index in [0.717, 1.165) is 5.92 Å². The summed E-state index contributed by atoms with van der Waals surface area (Å²) in [5, 5.41) is 0. The van der Waals surface area contributed by atoms with Gasteiger partial charge < -0.3 is 0 Å². The predicted molar refractivity (Wildman–Crippen MR) is 27.2 cm³/mol. The monoisotopic (exact) mass is 81.1 g/mol. The summed E-state index contributed by atoms with van der Waals surface area (Å²) in [4.78, 5) is 0. The van der Waals surface area contributed by atoms with Gasteiger partial charge in [0.15, 0.2) is 0 Å². The molecule has 0 fully saturated rings. The lowest BCUT2D eigenvalue weighted by Gasteiger charge is -2.12. The third-order valence-corrected chi connectivity index (χ3v) is 1.22. The van der Waals surface area contributed by atoms with Crippen molar-refractivity contribution in [2.45, 2.75) is 13.3 Å². The van der Waals surface area contributed by atoms with Gasteiger partial charge in [0.25, 0.3) is 0 Å². The van der Waals surface area contributed by atoms with Gasteiger partial charge in [-0.1, -0.05) is 19.1 Å². The fraction of sp³-hybridized carbons (Fsp3) is 0.500. The van der Waals surface area contributed by atoms with Crippen molar-refractivity contribution in [3.63, 3.8) is 0 Å². The van der Waals surface area contributed by atoms with E-state index in [1.807, 2.05) is 0 Å². The molecule has 1 rings (SSSR count). The second-order valence-corrected chi connectivity index (χ2v) is 1.66. The molecule has 0 heterocycles. The molecule has 0 aromatic heterocycles. The van der Waals surface area contributed by atoms with E-state index in [1.165, 1.54) is 6.42 Å². The van der Waals surface area contributed by atoms with Gasteiger partial charge in [0.1, 0.15) is 0 Å². The van der Waals surface area contributed by atoms with Crippen LogP contribution in [0, 0.1) is 12.3 Å². The quantitative estimate of drug-likeness (QED) is 0.422. The third kappa shape index (κ3) is 0.469. The highest BCUT2D eigenvalue weighted by Crippen LogP contribution is 2.17. The van der Waals surface area contributed by atoms with E-state index < -0.39 is 0 Å². The molecule has 0 N–H and O–H groups in total. The number of hydrogen-bond acceptors (Lipinski definition) is 0. The zero-order valence-corrected chi connectivity index (χ0v) is 4.02. The molecule has 0 aliphatic heterocycles. The number of allylic oxidation sites excluding steroid dienone is 2. The van der Waals surface area contributed by atoms with Crippen molar-refractivity contribution in [1.82, 2.24) is 0 Å². The molecule has 0 amide bonds. The highest BCUT2D eigenvalue weighted by atomic mass is 14.1. The molecule has 0 aromatic rings. The molecule has 1 atom stereocenters. The van der Waals surface area contributed by atoms with Crippen LogP contribution < -0.4 is 0 Å². The SMILES string of the molecule is C[CH]C1C=CC1. The molecule has 0 nitrogen and oxygen atoms in total. The summed E-state index contributed by atoms with van der Waals surface area (Å²) < 4.78 is 0. The second kappa shape index (κ2) is 1.46. The summed E-state index contributed by atoms with van der Waals surface area (Å²) in [7, 11) is 0. The van der Waals surface area contributed by atoms with Crippen LogP contribution in [0.4, 0.5) is 0 Å². The van der Waals surface area contributed by atoms with E-state index in [2.05, 4.69) is 25.5 Å². The zero-order chi connectivity index (χ0) is 4.41. The summed E-state index contributed by atoms with van der Waals surface area (Å²) in [6, 6.07) is 0. The summed E-state index contributed by atoms with van der Waals surface area (Å²) >= 11 is 0. The second-order valence-electron chi connectivity index (χ2n) is 1.66. The maximum absolute atomic E-state index is 2.22. The highest BCUT2D eigenvalue weighted by Gasteiger charge is 2.04. The van der Waals surface area contributed by atoms with Crippen LogP contribution in [0.3, 0.4) is 0 Å². The van der Waals surface area contributed by atoms with Gasteiger partial charge in [-0.15, -0.1) is 0 Å². The minimum atomic E-state index is 0.810. The van der Waals surface area contributed by atoms with Gasteiger partial charge in [0, 0.05) is 0 Å². The average molecular weight is 81.1 g/mol. The summed E-state index contributed by atoms with van der Waals surface area (Å²) in [6.45, 7) is 2.11. The summed E-state index contributed by atoms with van der Waals surface area (Å²) in [5.41, 5.74) is 0. The van der Waals surface area contributed by atoms with Crippen molar-refractivity contribution in [2.75, 3.05) is 0 Å². The minimum Gasteiger partial charge on any atom is -0.0876 e. The van der Waals surface area contributed by atoms with Gasteiger partial charge in [-0.3, -0.25) is 0 Å². The highest BCUT2D eigenvalue weighted by molar-refractivity contribution is 5.06. The lowest BCUT2D eigenvalue weighted by Crippen LogP contribution is -1.99. The van der Waals surface area contributed by atoms with Crippen molar-refractivity contribution in [2.24, 2.45) is 5.92 Å². The molecule has 0 aromatic carbocycles. The average Bonchev–Trinajstić information content (AvgIpc) is 1.31. The molecule has 1 aliphatic carbocycles. The molecule has 0 saturated heterocycles. The molecule has 6 heavy (non-hydrogen) atoms. The minimum absolute atomic E-state index is 0.810. The van der Waals surface area contributed by atoms with Gasteiger partial charge in [0.2, 0.25) is 0 Å². The van der Waals surface area contributed by atoms with Crippen molar-refractivity contribution >= 4 is 0 Å². The van der Waals surface area contributed by atoms with Crippen LogP contribution in [-0.4, -0.2) is 0 Å².